The van der Waals surface area contributed by atoms with E-state index in [9.17, 15) is 43.2 Å². The summed E-state index contributed by atoms with van der Waals surface area (Å²) >= 11 is 0. The fourth-order valence-electron chi connectivity index (χ4n) is 10.6. The van der Waals surface area contributed by atoms with E-state index in [-0.39, 0.29) is 25.7 Å². The molecule has 528 valence electrons. The zero-order chi connectivity index (χ0) is 65.6. The summed E-state index contributed by atoms with van der Waals surface area (Å²) in [6.07, 6.45) is 50.0. The van der Waals surface area contributed by atoms with Gasteiger partial charge in [0.15, 0.2) is 12.2 Å². The lowest BCUT2D eigenvalue weighted by Gasteiger charge is -2.21. The van der Waals surface area contributed by atoms with E-state index in [2.05, 4.69) is 34.6 Å². The topological polar surface area (TPSA) is 237 Å². The maximum absolute atomic E-state index is 13.0. The average Bonchev–Trinajstić information content (AvgIpc) is 3.72. The molecule has 3 N–H and O–H groups in total. The van der Waals surface area contributed by atoms with Crippen molar-refractivity contribution in [3.8, 4) is 0 Å². The molecule has 5 atom stereocenters. The molecule has 0 spiro atoms. The van der Waals surface area contributed by atoms with Crippen molar-refractivity contribution in [3.63, 3.8) is 0 Å². The van der Waals surface area contributed by atoms with Crippen LogP contribution in [-0.4, -0.2) is 96.7 Å². The molecule has 0 saturated heterocycles. The molecule has 0 amide bonds. The summed E-state index contributed by atoms with van der Waals surface area (Å²) in [6.45, 7) is 7.21. The summed E-state index contributed by atoms with van der Waals surface area (Å²) in [4.78, 5) is 72.4. The zero-order valence-electron chi connectivity index (χ0n) is 57.6. The van der Waals surface area contributed by atoms with Crippen LogP contribution in [0, 0.1) is 5.92 Å². The lowest BCUT2D eigenvalue weighted by atomic mass is 10.0. The van der Waals surface area contributed by atoms with Crippen molar-refractivity contribution in [2.45, 2.75) is 380 Å². The molecule has 0 aromatic rings. The van der Waals surface area contributed by atoms with Crippen LogP contribution in [0.25, 0.3) is 0 Å². The molecule has 0 fully saturated rings. The second-order valence-corrected chi connectivity index (χ2v) is 28.7. The van der Waals surface area contributed by atoms with Gasteiger partial charge in [-0.3, -0.25) is 37.3 Å². The van der Waals surface area contributed by atoms with Crippen molar-refractivity contribution in [3.05, 3.63) is 0 Å². The number of rotatable bonds is 70. The number of ether oxygens (including phenoxy) is 4. The molecule has 0 aliphatic rings. The van der Waals surface area contributed by atoms with Crippen molar-refractivity contribution in [1.29, 1.82) is 0 Å². The van der Waals surface area contributed by atoms with Gasteiger partial charge in [-0.1, -0.05) is 311 Å². The third-order valence-electron chi connectivity index (χ3n) is 16.3. The zero-order valence-corrected chi connectivity index (χ0v) is 59.4. The number of hydrogen-bond donors (Lipinski definition) is 3. The van der Waals surface area contributed by atoms with Gasteiger partial charge in [-0.05, 0) is 31.6 Å². The van der Waals surface area contributed by atoms with E-state index >= 15 is 0 Å². The average molecular weight is 1310 g/mol. The van der Waals surface area contributed by atoms with Gasteiger partial charge in [-0.2, -0.15) is 0 Å². The van der Waals surface area contributed by atoms with Gasteiger partial charge in [0, 0.05) is 25.7 Å². The molecular formula is C70H136O17P2. The fraction of sp³-hybridized carbons (Fsp3) is 0.943. The number of phosphoric ester groups is 2. The molecule has 17 nitrogen and oxygen atoms in total. The van der Waals surface area contributed by atoms with Crippen molar-refractivity contribution in [1.82, 2.24) is 0 Å². The summed E-state index contributed by atoms with van der Waals surface area (Å²) < 4.78 is 68.2. The van der Waals surface area contributed by atoms with Gasteiger partial charge in [0.1, 0.15) is 19.3 Å². The van der Waals surface area contributed by atoms with Crippen LogP contribution in [0.1, 0.15) is 362 Å². The van der Waals surface area contributed by atoms with E-state index in [1.54, 1.807) is 0 Å². The summed E-state index contributed by atoms with van der Waals surface area (Å²) in [5, 5.41) is 10.6. The highest BCUT2D eigenvalue weighted by Gasteiger charge is 2.30. The minimum absolute atomic E-state index is 0.107. The highest BCUT2D eigenvalue weighted by atomic mass is 31.2. The van der Waals surface area contributed by atoms with E-state index in [0.717, 1.165) is 109 Å². The molecule has 0 radical (unpaired) electrons. The van der Waals surface area contributed by atoms with Crippen molar-refractivity contribution >= 4 is 39.5 Å². The number of carbonyl (C=O) groups is 4. The van der Waals surface area contributed by atoms with E-state index < -0.39 is 97.5 Å². The van der Waals surface area contributed by atoms with Crippen LogP contribution in [-0.2, 0) is 65.4 Å². The number of hydrogen-bond acceptors (Lipinski definition) is 15. The molecular weight excluding hydrogens is 1170 g/mol. The quantitative estimate of drug-likeness (QED) is 0.0222. The van der Waals surface area contributed by atoms with Crippen LogP contribution in [0.2, 0.25) is 0 Å². The first-order valence-corrected chi connectivity index (χ1v) is 39.6. The highest BCUT2D eigenvalue weighted by molar-refractivity contribution is 7.47. The third kappa shape index (κ3) is 64.6. The minimum Gasteiger partial charge on any atom is -0.462 e. The number of esters is 4. The molecule has 0 aromatic heterocycles. The molecule has 0 aromatic carbocycles. The van der Waals surface area contributed by atoms with E-state index in [1.807, 2.05) is 0 Å². The molecule has 0 rings (SSSR count). The Balaban J connectivity index is 5.20. The SMILES string of the molecule is CCCCCCCCCCCCCCCCCCCC(=O)O[C@H](COC(=O)CCCCCCCCCCCCC(C)C)COP(=O)(O)OC[C@@H](O)COP(=O)(O)OC[C@@H](COC(=O)CCCCCCCCC)OC(=O)CCCCCCCCCCCCCC. The predicted octanol–water partition coefficient (Wildman–Crippen LogP) is 20.1. The molecule has 0 heterocycles. The van der Waals surface area contributed by atoms with Gasteiger partial charge in [0.05, 0.1) is 26.4 Å². The Morgan fingerprint density at radius 3 is 0.764 bits per heavy atom. The standard InChI is InChI=1S/C70H136O17P2/c1-6-9-12-15-18-20-22-24-25-26-27-28-30-36-41-46-51-56-70(75)87-66(60-81-68(73)54-49-44-39-34-32-31-33-38-42-47-52-63(4)5)62-85-89(78,79)83-58-64(71)57-82-88(76,77)84-61-65(59-80-67(72)53-48-43-37-17-14-11-8-3)86-69(74)55-50-45-40-35-29-23-21-19-16-13-10-7-2/h63-66,71H,6-62H2,1-5H3,(H,76,77)(H,78,79)/t64-,65+,66+/m0/s1. The summed E-state index contributed by atoms with van der Waals surface area (Å²) in [5.41, 5.74) is 0. The number of aliphatic hydroxyl groups excluding tert-OH is 1. The lowest BCUT2D eigenvalue weighted by Crippen LogP contribution is -2.30. The van der Waals surface area contributed by atoms with Crippen LogP contribution in [0.3, 0.4) is 0 Å². The maximum atomic E-state index is 13.0. The Labute approximate surface area is 543 Å². The molecule has 0 saturated carbocycles. The Morgan fingerprint density at radius 1 is 0.303 bits per heavy atom. The third-order valence-corrected chi connectivity index (χ3v) is 18.2. The molecule has 0 bridgehead atoms. The van der Waals surface area contributed by atoms with Crippen LogP contribution in [0.4, 0.5) is 0 Å². The molecule has 89 heavy (non-hydrogen) atoms. The van der Waals surface area contributed by atoms with Crippen LogP contribution < -0.4 is 0 Å². The summed E-state index contributed by atoms with van der Waals surface area (Å²) in [7, 11) is -9.89. The van der Waals surface area contributed by atoms with Crippen molar-refractivity contribution in [2.24, 2.45) is 5.92 Å². The van der Waals surface area contributed by atoms with Gasteiger partial charge in [0.25, 0.3) is 0 Å². The normalized spacial score (nSPS) is 14.1. The van der Waals surface area contributed by atoms with Crippen LogP contribution in [0.5, 0.6) is 0 Å². The van der Waals surface area contributed by atoms with Crippen molar-refractivity contribution < 1.29 is 80.2 Å². The first kappa shape index (κ1) is 87.1. The Kier molecular flexibility index (Phi) is 62.1. The molecule has 2 unspecified atom stereocenters. The summed E-state index contributed by atoms with van der Waals surface area (Å²) in [5.74, 6) is -1.37. The van der Waals surface area contributed by atoms with E-state index in [1.165, 1.54) is 173 Å². The monoisotopic (exact) mass is 1310 g/mol. The fourth-order valence-corrected chi connectivity index (χ4v) is 12.2. The van der Waals surface area contributed by atoms with Crippen molar-refractivity contribution in [2.75, 3.05) is 39.6 Å². The van der Waals surface area contributed by atoms with Gasteiger partial charge in [-0.15, -0.1) is 0 Å². The van der Waals surface area contributed by atoms with Gasteiger partial charge in [-0.25, -0.2) is 9.13 Å². The second-order valence-electron chi connectivity index (χ2n) is 25.7. The molecule has 0 aliphatic carbocycles. The van der Waals surface area contributed by atoms with E-state index in [4.69, 9.17) is 37.0 Å². The van der Waals surface area contributed by atoms with Gasteiger partial charge >= 0.3 is 39.5 Å². The molecule has 19 heteroatoms. The highest BCUT2D eigenvalue weighted by Crippen LogP contribution is 2.45. The number of unbranched alkanes of at least 4 members (excludes halogenated alkanes) is 42. The van der Waals surface area contributed by atoms with Gasteiger partial charge < -0.3 is 33.8 Å². The smallest absolute Gasteiger partial charge is 0.462 e. The minimum atomic E-state index is -4.95. The largest absolute Gasteiger partial charge is 0.472 e. The maximum Gasteiger partial charge on any atom is 0.472 e. The Bertz CT molecular complexity index is 1720. The van der Waals surface area contributed by atoms with Gasteiger partial charge in [0.2, 0.25) is 0 Å². The second kappa shape index (κ2) is 63.5. The first-order valence-electron chi connectivity index (χ1n) is 36.6. The predicted molar refractivity (Wildman–Crippen MR) is 358 cm³/mol. The lowest BCUT2D eigenvalue weighted by molar-refractivity contribution is -0.161. The number of phosphoric acid groups is 2. The van der Waals surface area contributed by atoms with Crippen LogP contribution >= 0.6 is 15.6 Å². The Morgan fingerprint density at radius 2 is 0.517 bits per heavy atom. The number of carbonyl (C=O) groups excluding carboxylic acids is 4. The number of aliphatic hydroxyl groups is 1. The molecule has 0 aliphatic heterocycles. The van der Waals surface area contributed by atoms with Crippen LogP contribution in [0.15, 0.2) is 0 Å². The Hall–Kier alpha value is -1.94. The summed E-state index contributed by atoms with van der Waals surface area (Å²) in [6, 6.07) is 0. The van der Waals surface area contributed by atoms with E-state index in [0.29, 0.717) is 25.7 Å². The first-order chi connectivity index (χ1) is 43.0.